The maximum absolute atomic E-state index is 12.9. The molecule has 9 heteroatoms. The Labute approximate surface area is 181 Å². The van der Waals surface area contributed by atoms with E-state index in [1.165, 1.54) is 7.11 Å². The second-order valence-electron chi connectivity index (χ2n) is 9.04. The maximum Gasteiger partial charge on any atom is 0.328 e. The summed E-state index contributed by atoms with van der Waals surface area (Å²) in [6.45, 7) is 7.85. The van der Waals surface area contributed by atoms with E-state index in [1.807, 2.05) is 39.8 Å². The SMILES string of the molecule is COC(=O)[C@H](CC(C)C)NC(=O)C[C@@H]1Nc2cc3c(cc2[C@@H]2OC(C)(C)O[C@@H]12)OCO3. The third-order valence-corrected chi connectivity index (χ3v) is 5.65. The highest BCUT2D eigenvalue weighted by atomic mass is 16.8. The normalized spacial score (nSPS) is 25.9. The summed E-state index contributed by atoms with van der Waals surface area (Å²) in [4.78, 5) is 25.0. The summed E-state index contributed by atoms with van der Waals surface area (Å²) in [5, 5.41) is 6.22. The number of rotatable bonds is 6. The quantitative estimate of drug-likeness (QED) is 0.658. The number of carbonyl (C=O) groups excluding carboxylic acids is 2. The van der Waals surface area contributed by atoms with Gasteiger partial charge >= 0.3 is 5.97 Å². The van der Waals surface area contributed by atoms with E-state index >= 15 is 0 Å². The lowest BCUT2D eigenvalue weighted by atomic mass is 9.90. The highest BCUT2D eigenvalue weighted by molar-refractivity contribution is 5.85. The first-order chi connectivity index (χ1) is 14.7. The number of ether oxygens (including phenoxy) is 5. The fourth-order valence-electron chi connectivity index (χ4n) is 4.37. The Morgan fingerprint density at radius 2 is 1.94 bits per heavy atom. The number of benzene rings is 1. The van der Waals surface area contributed by atoms with Crippen LogP contribution in [-0.2, 0) is 23.8 Å². The summed E-state index contributed by atoms with van der Waals surface area (Å²) >= 11 is 0. The molecule has 170 valence electrons. The van der Waals surface area contributed by atoms with Crippen molar-refractivity contribution in [3.63, 3.8) is 0 Å². The fraction of sp³-hybridized carbons (Fsp3) is 0.636. The number of nitrogens with one attached hydrogen (secondary N) is 2. The van der Waals surface area contributed by atoms with Gasteiger partial charge in [0.1, 0.15) is 18.2 Å². The Balaban J connectivity index is 1.54. The minimum atomic E-state index is -0.796. The van der Waals surface area contributed by atoms with Crippen molar-refractivity contribution in [3.05, 3.63) is 17.7 Å². The van der Waals surface area contributed by atoms with Crippen molar-refractivity contribution in [1.29, 1.82) is 0 Å². The fourth-order valence-corrected chi connectivity index (χ4v) is 4.37. The third kappa shape index (κ3) is 4.43. The van der Waals surface area contributed by atoms with E-state index < -0.39 is 17.8 Å². The van der Waals surface area contributed by atoms with Crippen LogP contribution in [0.5, 0.6) is 11.5 Å². The molecule has 1 amide bonds. The first-order valence-corrected chi connectivity index (χ1v) is 10.6. The lowest BCUT2D eigenvalue weighted by Gasteiger charge is -2.34. The number of amides is 1. The Morgan fingerprint density at radius 1 is 1.23 bits per heavy atom. The molecule has 31 heavy (non-hydrogen) atoms. The van der Waals surface area contributed by atoms with Gasteiger partial charge in [0.05, 0.1) is 13.2 Å². The van der Waals surface area contributed by atoms with Crippen LogP contribution < -0.4 is 20.1 Å². The van der Waals surface area contributed by atoms with Crippen molar-refractivity contribution in [1.82, 2.24) is 5.32 Å². The Morgan fingerprint density at radius 3 is 2.61 bits per heavy atom. The van der Waals surface area contributed by atoms with Gasteiger partial charge in [0, 0.05) is 23.7 Å². The van der Waals surface area contributed by atoms with Crippen LogP contribution in [0.2, 0.25) is 0 Å². The van der Waals surface area contributed by atoms with Crippen LogP contribution in [0.25, 0.3) is 0 Å². The number of hydrogen-bond donors (Lipinski definition) is 2. The van der Waals surface area contributed by atoms with Gasteiger partial charge in [-0.1, -0.05) is 13.8 Å². The van der Waals surface area contributed by atoms with Crippen molar-refractivity contribution >= 4 is 17.6 Å². The van der Waals surface area contributed by atoms with Gasteiger partial charge in [-0.05, 0) is 32.3 Å². The molecule has 3 aliphatic rings. The van der Waals surface area contributed by atoms with E-state index in [0.717, 1.165) is 11.3 Å². The summed E-state index contributed by atoms with van der Waals surface area (Å²) in [6.07, 6.45) is -0.123. The molecule has 1 saturated heterocycles. The zero-order valence-corrected chi connectivity index (χ0v) is 18.5. The number of esters is 1. The number of hydrogen-bond acceptors (Lipinski definition) is 8. The second kappa shape index (κ2) is 8.20. The predicted molar refractivity (Wildman–Crippen MR) is 111 cm³/mol. The van der Waals surface area contributed by atoms with Gasteiger partial charge in [-0.2, -0.15) is 0 Å². The zero-order valence-electron chi connectivity index (χ0n) is 18.5. The van der Waals surface area contributed by atoms with Crippen LogP contribution in [0.4, 0.5) is 5.69 Å². The van der Waals surface area contributed by atoms with Gasteiger partial charge in [-0.3, -0.25) is 4.79 Å². The molecule has 0 aromatic heterocycles. The molecule has 0 unspecified atom stereocenters. The van der Waals surface area contributed by atoms with E-state index in [2.05, 4.69) is 10.6 Å². The summed E-state index contributed by atoms with van der Waals surface area (Å²) in [7, 11) is 1.32. The minimum absolute atomic E-state index is 0.111. The van der Waals surface area contributed by atoms with E-state index in [1.54, 1.807) is 0 Å². The average Bonchev–Trinajstić information content (AvgIpc) is 3.27. The summed E-state index contributed by atoms with van der Waals surface area (Å²) in [5.74, 6) is 0.0360. The molecule has 0 aliphatic carbocycles. The summed E-state index contributed by atoms with van der Waals surface area (Å²) < 4.78 is 28.2. The second-order valence-corrected chi connectivity index (χ2v) is 9.04. The van der Waals surface area contributed by atoms with Crippen molar-refractivity contribution in [3.8, 4) is 11.5 Å². The molecule has 1 aromatic carbocycles. The third-order valence-electron chi connectivity index (χ3n) is 5.65. The molecule has 0 bridgehead atoms. The van der Waals surface area contributed by atoms with Crippen molar-refractivity contribution in [2.24, 2.45) is 5.92 Å². The van der Waals surface area contributed by atoms with Gasteiger partial charge in [0.2, 0.25) is 12.7 Å². The number of anilines is 1. The Hall–Kier alpha value is -2.52. The predicted octanol–water partition coefficient (Wildman–Crippen LogP) is 2.50. The van der Waals surface area contributed by atoms with Crippen molar-refractivity contribution in [2.45, 2.75) is 70.6 Å². The average molecular weight is 434 g/mol. The molecule has 0 radical (unpaired) electrons. The first kappa shape index (κ1) is 21.7. The number of fused-ring (bicyclic) bond motifs is 4. The number of carbonyl (C=O) groups is 2. The molecule has 4 atom stereocenters. The lowest BCUT2D eigenvalue weighted by Crippen LogP contribution is -2.48. The minimum Gasteiger partial charge on any atom is -0.467 e. The van der Waals surface area contributed by atoms with E-state index in [4.69, 9.17) is 23.7 Å². The van der Waals surface area contributed by atoms with Crippen molar-refractivity contribution in [2.75, 3.05) is 19.2 Å². The van der Waals surface area contributed by atoms with Crippen LogP contribution >= 0.6 is 0 Å². The van der Waals surface area contributed by atoms with Crippen LogP contribution in [0.15, 0.2) is 12.1 Å². The highest BCUT2D eigenvalue weighted by Gasteiger charge is 2.50. The maximum atomic E-state index is 12.9. The molecule has 0 spiro atoms. The van der Waals surface area contributed by atoms with Crippen LogP contribution in [0.1, 0.15) is 52.2 Å². The van der Waals surface area contributed by atoms with Crippen LogP contribution in [0, 0.1) is 5.92 Å². The van der Waals surface area contributed by atoms with E-state index in [0.29, 0.717) is 17.9 Å². The molecular weight excluding hydrogens is 404 g/mol. The highest BCUT2D eigenvalue weighted by Crippen LogP contribution is 2.50. The number of methoxy groups -OCH3 is 1. The topological polar surface area (TPSA) is 104 Å². The molecule has 3 heterocycles. The van der Waals surface area contributed by atoms with E-state index in [9.17, 15) is 9.59 Å². The van der Waals surface area contributed by atoms with Crippen molar-refractivity contribution < 1.29 is 33.3 Å². The Bertz CT molecular complexity index is 870. The largest absolute Gasteiger partial charge is 0.467 e. The Kier molecular flexibility index (Phi) is 5.74. The van der Waals surface area contributed by atoms with Gasteiger partial charge < -0.3 is 34.3 Å². The molecular formula is C22H30N2O7. The van der Waals surface area contributed by atoms with E-state index in [-0.39, 0.29) is 43.3 Å². The molecule has 0 saturated carbocycles. The summed E-state index contributed by atoms with van der Waals surface area (Å²) in [6, 6.07) is 2.73. The lowest BCUT2D eigenvalue weighted by molar-refractivity contribution is -0.148. The molecule has 4 rings (SSSR count). The first-order valence-electron chi connectivity index (χ1n) is 10.6. The summed E-state index contributed by atoms with van der Waals surface area (Å²) in [5.41, 5.74) is 1.72. The van der Waals surface area contributed by atoms with Gasteiger partial charge in [-0.25, -0.2) is 4.79 Å². The zero-order chi connectivity index (χ0) is 22.3. The van der Waals surface area contributed by atoms with Crippen LogP contribution in [0.3, 0.4) is 0 Å². The van der Waals surface area contributed by atoms with Gasteiger partial charge in [0.25, 0.3) is 0 Å². The van der Waals surface area contributed by atoms with Crippen LogP contribution in [-0.4, -0.2) is 49.8 Å². The molecule has 1 aromatic rings. The molecule has 2 N–H and O–H groups in total. The monoisotopic (exact) mass is 434 g/mol. The molecule has 9 nitrogen and oxygen atoms in total. The molecule has 3 aliphatic heterocycles. The van der Waals surface area contributed by atoms with Gasteiger partial charge in [0.15, 0.2) is 17.3 Å². The molecule has 1 fully saturated rings. The van der Waals surface area contributed by atoms with Gasteiger partial charge in [-0.15, -0.1) is 0 Å². The smallest absolute Gasteiger partial charge is 0.328 e. The standard InChI is InChI=1S/C22H30N2O7/c1-11(2)6-15(21(26)27-5)24-18(25)9-14-20-19(30-22(3,4)31-20)12-7-16-17(29-10-28-16)8-13(12)23-14/h7-8,11,14-15,19-20,23H,6,9-10H2,1-5H3,(H,24,25)/t14-,15-,19-,20-/m0/s1.